The fraction of sp³-hybridized carbons (Fsp3) is 0.512. The second-order valence-electron chi connectivity index (χ2n) is 16.3. The highest BCUT2D eigenvalue weighted by molar-refractivity contribution is 5.86. The molecular formula is C43H56N8O5. The number of likely N-dealkylation sites (N-methyl/N-ethyl adjacent to an activating group) is 1. The number of carboxylic acid groups (broad SMARTS) is 1. The van der Waals surface area contributed by atoms with Gasteiger partial charge in [-0.1, -0.05) is 76.2 Å². The number of nitrogens with zero attached hydrogens (tertiary/aromatic N) is 5. The Kier molecular flexibility index (Phi) is 11.9. The first kappa shape index (κ1) is 39.2. The van der Waals surface area contributed by atoms with Crippen LogP contribution < -0.4 is 5.32 Å². The van der Waals surface area contributed by atoms with Gasteiger partial charge in [-0.25, -0.2) is 14.8 Å². The Morgan fingerprint density at radius 3 is 1.64 bits per heavy atom. The third-order valence-corrected chi connectivity index (χ3v) is 11.8. The van der Waals surface area contributed by atoms with Crippen LogP contribution in [-0.2, 0) is 14.3 Å². The summed E-state index contributed by atoms with van der Waals surface area (Å²) in [5.74, 6) is 1.53. The molecule has 2 aromatic carbocycles. The van der Waals surface area contributed by atoms with Gasteiger partial charge in [0.15, 0.2) is 0 Å². The van der Waals surface area contributed by atoms with E-state index >= 15 is 0 Å². The number of carbonyl (C=O) groups is 3. The van der Waals surface area contributed by atoms with Crippen LogP contribution >= 0.6 is 0 Å². The van der Waals surface area contributed by atoms with Gasteiger partial charge in [0, 0.05) is 39.4 Å². The Labute approximate surface area is 329 Å². The zero-order valence-electron chi connectivity index (χ0n) is 33.2. The molecular weight excluding hydrogens is 709 g/mol. The Bertz CT molecular complexity index is 1970. The molecule has 3 amide bonds. The van der Waals surface area contributed by atoms with Crippen LogP contribution in [0.15, 0.2) is 60.9 Å². The molecule has 0 spiro atoms. The fourth-order valence-electron chi connectivity index (χ4n) is 8.65. The van der Waals surface area contributed by atoms with E-state index in [1.165, 1.54) is 7.05 Å². The molecule has 0 bridgehead atoms. The lowest BCUT2D eigenvalue weighted by atomic mass is 9.99. The minimum atomic E-state index is -1.12. The van der Waals surface area contributed by atoms with E-state index in [1.54, 1.807) is 11.1 Å². The lowest BCUT2D eigenvalue weighted by molar-refractivity contribution is -0.138. The van der Waals surface area contributed by atoms with Crippen LogP contribution in [-0.4, -0.2) is 109 Å². The van der Waals surface area contributed by atoms with E-state index in [-0.39, 0.29) is 41.8 Å². The molecule has 3 aliphatic heterocycles. The molecule has 298 valence electrons. The van der Waals surface area contributed by atoms with Crippen molar-refractivity contribution in [3.05, 3.63) is 72.6 Å². The van der Waals surface area contributed by atoms with Gasteiger partial charge in [-0.3, -0.25) is 14.5 Å². The van der Waals surface area contributed by atoms with Crippen molar-refractivity contribution in [1.82, 2.24) is 40.0 Å². The van der Waals surface area contributed by atoms with E-state index in [0.29, 0.717) is 18.4 Å². The van der Waals surface area contributed by atoms with Gasteiger partial charge >= 0.3 is 6.09 Å². The Hall–Kier alpha value is -5.01. The third kappa shape index (κ3) is 8.24. The monoisotopic (exact) mass is 764 g/mol. The van der Waals surface area contributed by atoms with Gasteiger partial charge in [0.2, 0.25) is 11.8 Å². The van der Waals surface area contributed by atoms with Crippen molar-refractivity contribution < 1.29 is 24.2 Å². The highest BCUT2D eigenvalue weighted by Gasteiger charge is 2.40. The number of rotatable bonds is 12. The molecule has 5 heterocycles. The lowest BCUT2D eigenvalue weighted by Gasteiger charge is -2.34. The van der Waals surface area contributed by atoms with E-state index in [0.717, 1.165) is 103 Å². The Balaban J connectivity index is 0.994. The fourth-order valence-corrected chi connectivity index (χ4v) is 8.65. The van der Waals surface area contributed by atoms with Crippen LogP contribution in [0.1, 0.15) is 90.0 Å². The number of likely N-dealkylation sites (tertiary alicyclic amines) is 2. The molecule has 0 radical (unpaired) electrons. The van der Waals surface area contributed by atoms with E-state index in [9.17, 15) is 19.5 Å². The summed E-state index contributed by atoms with van der Waals surface area (Å²) in [6.07, 6.45) is 7.86. The molecule has 3 aliphatic rings. The predicted molar refractivity (Wildman–Crippen MR) is 214 cm³/mol. The highest BCUT2D eigenvalue weighted by atomic mass is 16.5. The molecule has 0 aliphatic carbocycles. The zero-order valence-corrected chi connectivity index (χ0v) is 33.2. The van der Waals surface area contributed by atoms with E-state index in [4.69, 9.17) is 9.72 Å². The highest BCUT2D eigenvalue weighted by Crippen LogP contribution is 2.35. The van der Waals surface area contributed by atoms with Crippen molar-refractivity contribution >= 4 is 17.9 Å². The summed E-state index contributed by atoms with van der Waals surface area (Å²) in [4.78, 5) is 60.6. The quantitative estimate of drug-likeness (QED) is 0.121. The molecule has 13 nitrogen and oxygen atoms in total. The molecule has 3 saturated heterocycles. The smallest absolute Gasteiger partial charge is 0.407 e. The third-order valence-electron chi connectivity index (χ3n) is 11.8. The van der Waals surface area contributed by atoms with Gasteiger partial charge in [0.25, 0.3) is 0 Å². The topological polar surface area (TPSA) is 160 Å². The van der Waals surface area contributed by atoms with Crippen LogP contribution in [0.25, 0.3) is 33.6 Å². The molecule has 4 atom stereocenters. The molecule has 56 heavy (non-hydrogen) atoms. The van der Waals surface area contributed by atoms with Crippen molar-refractivity contribution in [2.75, 3.05) is 33.4 Å². The summed E-state index contributed by atoms with van der Waals surface area (Å²) >= 11 is 0. The van der Waals surface area contributed by atoms with Crippen LogP contribution in [0.3, 0.4) is 0 Å². The zero-order chi connectivity index (χ0) is 39.5. The SMILES string of the molecule is CC(C)[C@@H](C(=O)N1CCC[C@H]1c1ncc(-c2ccc(-c3ccc(-c4cnc([C@@H]5CCCN5C(=O)[C@H](NC5CCOCC5)C(C)C)[nH]4)cc3)cc2)[nH]1)N(C)C(=O)O. The second kappa shape index (κ2) is 17.0. The number of aromatic nitrogens is 4. The number of nitrogens with one attached hydrogen (secondary N) is 3. The van der Waals surface area contributed by atoms with E-state index in [2.05, 4.69) is 82.6 Å². The standard InChI is InChI=1S/C43H56N8O5/c1-26(2)37(46-32-18-22-56-23-19-32)41(52)50-20-6-8-35(50)39-44-24-33(47-39)30-14-10-28(11-15-30)29-12-16-31(17-13-29)34-25-45-40(48-34)36-9-7-21-51(36)42(53)38(27(3)4)49(5)43(54)55/h10-17,24-27,32,35-38,46H,6-9,18-23H2,1-5H3,(H,44,47)(H,45,48)(H,54,55)/t35-,36-,37+,38-/m0/s1. The Morgan fingerprint density at radius 2 is 1.20 bits per heavy atom. The number of H-pyrrole nitrogens is 2. The maximum Gasteiger partial charge on any atom is 0.407 e. The summed E-state index contributed by atoms with van der Waals surface area (Å²) in [6, 6.07) is 15.7. The van der Waals surface area contributed by atoms with Gasteiger partial charge < -0.3 is 34.9 Å². The maximum atomic E-state index is 13.9. The van der Waals surface area contributed by atoms with Gasteiger partial charge in [-0.15, -0.1) is 0 Å². The first-order chi connectivity index (χ1) is 27.0. The van der Waals surface area contributed by atoms with E-state index in [1.807, 2.05) is 24.9 Å². The molecule has 3 fully saturated rings. The summed E-state index contributed by atoms with van der Waals surface area (Å²) in [5.41, 5.74) is 5.95. The predicted octanol–water partition coefficient (Wildman–Crippen LogP) is 6.89. The summed E-state index contributed by atoms with van der Waals surface area (Å²) in [6.45, 7) is 10.8. The van der Waals surface area contributed by atoms with E-state index < -0.39 is 12.1 Å². The maximum absolute atomic E-state index is 13.9. The minimum Gasteiger partial charge on any atom is -0.465 e. The number of benzene rings is 2. The summed E-state index contributed by atoms with van der Waals surface area (Å²) in [7, 11) is 1.46. The molecule has 4 N–H and O–H groups in total. The van der Waals surface area contributed by atoms with Crippen molar-refractivity contribution in [1.29, 1.82) is 0 Å². The van der Waals surface area contributed by atoms with Crippen LogP contribution in [0.4, 0.5) is 4.79 Å². The summed E-state index contributed by atoms with van der Waals surface area (Å²) < 4.78 is 5.53. The molecule has 0 unspecified atom stereocenters. The van der Waals surface area contributed by atoms with Gasteiger partial charge in [-0.05, 0) is 72.6 Å². The van der Waals surface area contributed by atoms with Crippen molar-refractivity contribution in [3.8, 4) is 33.6 Å². The van der Waals surface area contributed by atoms with Crippen molar-refractivity contribution in [2.24, 2.45) is 11.8 Å². The number of hydrogen-bond acceptors (Lipinski definition) is 7. The first-order valence-electron chi connectivity index (χ1n) is 20.2. The average Bonchev–Trinajstić information content (AvgIpc) is 4.04. The first-order valence-corrected chi connectivity index (χ1v) is 20.2. The normalized spacial score (nSPS) is 20.2. The molecule has 0 saturated carbocycles. The van der Waals surface area contributed by atoms with Gasteiger partial charge in [-0.2, -0.15) is 0 Å². The number of ether oxygens (including phenoxy) is 1. The molecule has 2 aromatic heterocycles. The van der Waals surface area contributed by atoms with Crippen molar-refractivity contribution in [3.63, 3.8) is 0 Å². The van der Waals surface area contributed by atoms with Crippen molar-refractivity contribution in [2.45, 2.75) is 96.4 Å². The van der Waals surface area contributed by atoms with Crippen LogP contribution in [0.5, 0.6) is 0 Å². The Morgan fingerprint density at radius 1 is 0.732 bits per heavy atom. The van der Waals surface area contributed by atoms with Crippen LogP contribution in [0, 0.1) is 11.8 Å². The number of amides is 3. The minimum absolute atomic E-state index is 0.0691. The molecule has 7 rings (SSSR count). The average molecular weight is 765 g/mol. The number of carbonyl (C=O) groups excluding carboxylic acids is 2. The lowest BCUT2D eigenvalue weighted by Crippen LogP contribution is -2.53. The molecule has 4 aromatic rings. The van der Waals surface area contributed by atoms with Gasteiger partial charge in [0.05, 0.1) is 41.9 Å². The number of hydrogen-bond donors (Lipinski definition) is 4. The largest absolute Gasteiger partial charge is 0.465 e. The summed E-state index contributed by atoms with van der Waals surface area (Å²) in [5, 5.41) is 13.3. The van der Waals surface area contributed by atoms with Crippen LogP contribution in [0.2, 0.25) is 0 Å². The number of aromatic amines is 2. The van der Waals surface area contributed by atoms with Gasteiger partial charge in [0.1, 0.15) is 17.7 Å². The second-order valence-corrected chi connectivity index (χ2v) is 16.3. The molecule has 13 heteroatoms. The number of imidazole rings is 2.